The number of likely N-dealkylation sites (N-methyl/N-ethyl adjacent to an activating group) is 1. The second kappa shape index (κ2) is 9.06. The number of ether oxygens (including phenoxy) is 1. The summed E-state index contributed by atoms with van der Waals surface area (Å²) in [6, 6.07) is 9.46. The van der Waals surface area contributed by atoms with Crippen LogP contribution < -0.4 is 20.7 Å². The summed E-state index contributed by atoms with van der Waals surface area (Å²) in [6.45, 7) is 5.25. The maximum Gasteiger partial charge on any atom is 0.237 e. The Bertz CT molecular complexity index is 1200. The highest BCUT2D eigenvalue weighted by molar-refractivity contribution is 7.70. The predicted octanol–water partition coefficient (Wildman–Crippen LogP) is 4.26. The van der Waals surface area contributed by atoms with Gasteiger partial charge in [-0.15, -0.1) is 0 Å². The highest BCUT2D eigenvalue weighted by atomic mass is 35.5. The number of benzene rings is 1. The molecule has 0 atom stereocenters. The van der Waals surface area contributed by atoms with Crippen molar-refractivity contribution in [3.63, 3.8) is 0 Å². The molecule has 2 N–H and O–H groups in total. The van der Waals surface area contributed by atoms with E-state index in [4.69, 9.17) is 16.3 Å². The van der Waals surface area contributed by atoms with Crippen molar-refractivity contribution in [1.82, 2.24) is 19.9 Å². The van der Waals surface area contributed by atoms with Gasteiger partial charge in [-0.05, 0) is 44.1 Å². The Balaban J connectivity index is 1.65. The van der Waals surface area contributed by atoms with Crippen molar-refractivity contribution in [1.29, 1.82) is 0 Å². The average Bonchev–Trinajstić information content (AvgIpc) is 2.75. The normalized spacial score (nSPS) is 14.0. The molecule has 32 heavy (non-hydrogen) atoms. The summed E-state index contributed by atoms with van der Waals surface area (Å²) in [6.07, 6.45) is 2.40. The number of hydrogen-bond acceptors (Lipinski definition) is 8. The molecule has 8 nitrogen and oxygen atoms in total. The third-order valence-corrected chi connectivity index (χ3v) is 7.07. The van der Waals surface area contributed by atoms with Crippen molar-refractivity contribution in [3.8, 4) is 5.88 Å². The van der Waals surface area contributed by atoms with Gasteiger partial charge in [-0.2, -0.15) is 4.98 Å². The van der Waals surface area contributed by atoms with Crippen molar-refractivity contribution in [2.45, 2.75) is 13.0 Å². The minimum atomic E-state index is -2.50. The van der Waals surface area contributed by atoms with Crippen molar-refractivity contribution >= 4 is 47.2 Å². The van der Waals surface area contributed by atoms with E-state index in [9.17, 15) is 4.57 Å². The van der Waals surface area contributed by atoms with Gasteiger partial charge in [0.25, 0.3) is 0 Å². The first-order chi connectivity index (χ1) is 15.2. The Morgan fingerprint density at radius 1 is 1.16 bits per heavy atom. The molecule has 4 rings (SSSR count). The number of nitrogens with zero attached hydrogens (tertiary/aromatic N) is 4. The van der Waals surface area contributed by atoms with Crippen LogP contribution in [0.2, 0.25) is 5.02 Å². The lowest BCUT2D eigenvalue weighted by Gasteiger charge is -2.25. The van der Waals surface area contributed by atoms with E-state index in [0.29, 0.717) is 34.0 Å². The van der Waals surface area contributed by atoms with E-state index in [0.717, 1.165) is 36.1 Å². The molecule has 0 saturated heterocycles. The Hall–Kier alpha value is -2.67. The van der Waals surface area contributed by atoms with Crippen molar-refractivity contribution in [2.75, 3.05) is 44.7 Å². The van der Waals surface area contributed by atoms with Crippen LogP contribution in [0, 0.1) is 0 Å². The molecule has 1 aromatic carbocycles. The number of methoxy groups -OCH3 is 1. The summed E-state index contributed by atoms with van der Waals surface area (Å²) >= 11 is 6.36. The van der Waals surface area contributed by atoms with Crippen LogP contribution in [-0.4, -0.2) is 53.9 Å². The van der Waals surface area contributed by atoms with E-state index < -0.39 is 7.14 Å². The molecule has 3 aromatic rings. The minimum absolute atomic E-state index is 0.342. The fraction of sp³-hybridized carbons (Fsp3) is 0.318. The first-order valence-corrected chi connectivity index (χ1v) is 13.2. The fourth-order valence-corrected chi connectivity index (χ4v) is 4.94. The Labute approximate surface area is 192 Å². The van der Waals surface area contributed by atoms with Crippen LogP contribution in [0.3, 0.4) is 0 Å². The smallest absolute Gasteiger partial charge is 0.237 e. The molecule has 1 aliphatic heterocycles. The number of fused-ring (bicyclic) bond motifs is 1. The summed E-state index contributed by atoms with van der Waals surface area (Å²) < 4.78 is 18.2. The number of pyridine rings is 1. The van der Waals surface area contributed by atoms with Crippen LogP contribution in [0.1, 0.15) is 11.3 Å². The summed E-state index contributed by atoms with van der Waals surface area (Å²) in [5.41, 5.74) is 3.57. The average molecular weight is 473 g/mol. The number of para-hydroxylation sites is 1. The summed E-state index contributed by atoms with van der Waals surface area (Å²) in [4.78, 5) is 15.8. The van der Waals surface area contributed by atoms with E-state index in [1.165, 1.54) is 6.20 Å². The van der Waals surface area contributed by atoms with Crippen LogP contribution in [-0.2, 0) is 17.5 Å². The number of hydrogen-bond donors (Lipinski definition) is 2. The van der Waals surface area contributed by atoms with Gasteiger partial charge < -0.3 is 24.8 Å². The zero-order chi connectivity index (χ0) is 22.9. The van der Waals surface area contributed by atoms with Gasteiger partial charge in [0.1, 0.15) is 17.9 Å². The molecule has 2 aromatic heterocycles. The van der Waals surface area contributed by atoms with Gasteiger partial charge >= 0.3 is 0 Å². The second-order valence-electron chi connectivity index (χ2n) is 8.15. The molecule has 0 saturated carbocycles. The van der Waals surface area contributed by atoms with Gasteiger partial charge in [-0.25, -0.2) is 9.97 Å². The monoisotopic (exact) mass is 472 g/mol. The van der Waals surface area contributed by atoms with Gasteiger partial charge in [-0.3, -0.25) is 0 Å². The first kappa shape index (κ1) is 22.5. The standard InChI is InChI=1S/C22H26ClN6O2P/c1-29-10-9-16-14(13-29)11-18(21(26-16)31-2)27-22-24-12-15(23)20(28-22)25-17-7-5-6-8-19(17)32(3,4)30/h5-8,11-12H,9-10,13H2,1-4H3,(H2,24,25,27,28). The Morgan fingerprint density at radius 2 is 1.94 bits per heavy atom. The van der Waals surface area contributed by atoms with Crippen LogP contribution in [0.25, 0.3) is 0 Å². The van der Waals surface area contributed by atoms with E-state index in [-0.39, 0.29) is 0 Å². The molecule has 3 heterocycles. The molecule has 0 fully saturated rings. The first-order valence-electron chi connectivity index (χ1n) is 10.2. The van der Waals surface area contributed by atoms with E-state index in [1.54, 1.807) is 20.4 Å². The predicted molar refractivity (Wildman–Crippen MR) is 130 cm³/mol. The quantitative estimate of drug-likeness (QED) is 0.514. The topological polar surface area (TPSA) is 92.3 Å². The molecule has 0 spiro atoms. The van der Waals surface area contributed by atoms with Gasteiger partial charge in [0.15, 0.2) is 5.82 Å². The van der Waals surface area contributed by atoms with Crippen LogP contribution in [0.5, 0.6) is 5.88 Å². The van der Waals surface area contributed by atoms with Gasteiger partial charge in [-0.1, -0.05) is 23.7 Å². The molecule has 1 aliphatic rings. The number of anilines is 4. The summed E-state index contributed by atoms with van der Waals surface area (Å²) in [5, 5.41) is 7.50. The maximum atomic E-state index is 12.7. The summed E-state index contributed by atoms with van der Waals surface area (Å²) in [5.74, 6) is 1.24. The number of rotatable bonds is 6. The number of aromatic nitrogens is 3. The van der Waals surface area contributed by atoms with Crippen molar-refractivity contribution in [3.05, 3.63) is 52.8 Å². The largest absolute Gasteiger partial charge is 0.480 e. The zero-order valence-corrected chi connectivity index (χ0v) is 20.2. The second-order valence-corrected chi connectivity index (χ2v) is 11.7. The lowest BCUT2D eigenvalue weighted by atomic mass is 10.1. The Morgan fingerprint density at radius 3 is 2.69 bits per heavy atom. The fourth-order valence-electron chi connectivity index (χ4n) is 3.65. The third kappa shape index (κ3) is 4.88. The van der Waals surface area contributed by atoms with Crippen molar-refractivity contribution in [2.24, 2.45) is 0 Å². The van der Waals surface area contributed by atoms with E-state index in [1.807, 2.05) is 30.3 Å². The molecular weight excluding hydrogens is 447 g/mol. The van der Waals surface area contributed by atoms with Crippen molar-refractivity contribution < 1.29 is 9.30 Å². The van der Waals surface area contributed by atoms with Gasteiger partial charge in [0.05, 0.1) is 24.7 Å². The lowest BCUT2D eigenvalue weighted by molar-refractivity contribution is 0.307. The number of halogens is 1. The van der Waals surface area contributed by atoms with Crippen LogP contribution >= 0.6 is 18.7 Å². The zero-order valence-electron chi connectivity index (χ0n) is 18.5. The highest BCUT2D eigenvalue weighted by Gasteiger charge is 2.20. The SMILES string of the molecule is COc1nc2c(cc1Nc1ncc(Cl)c(Nc3ccccc3P(C)(C)=O)n1)CN(C)CC2. The maximum absolute atomic E-state index is 12.7. The van der Waals surface area contributed by atoms with Gasteiger partial charge in [0.2, 0.25) is 11.8 Å². The highest BCUT2D eigenvalue weighted by Crippen LogP contribution is 2.39. The molecule has 0 unspecified atom stereocenters. The minimum Gasteiger partial charge on any atom is -0.480 e. The van der Waals surface area contributed by atoms with E-state index in [2.05, 4.69) is 37.5 Å². The molecular formula is C22H26ClN6O2P. The Kier molecular flexibility index (Phi) is 6.38. The lowest BCUT2D eigenvalue weighted by Crippen LogP contribution is -2.27. The number of nitrogens with one attached hydrogen (secondary N) is 2. The van der Waals surface area contributed by atoms with Crippen LogP contribution in [0.4, 0.5) is 23.1 Å². The molecule has 10 heteroatoms. The summed E-state index contributed by atoms with van der Waals surface area (Å²) in [7, 11) is 1.18. The van der Waals surface area contributed by atoms with Crippen LogP contribution in [0.15, 0.2) is 36.5 Å². The molecule has 0 aliphatic carbocycles. The van der Waals surface area contributed by atoms with E-state index >= 15 is 0 Å². The molecule has 0 radical (unpaired) electrons. The molecule has 0 amide bonds. The van der Waals surface area contributed by atoms with Gasteiger partial charge in [0, 0.05) is 24.8 Å². The molecule has 168 valence electrons. The molecule has 0 bridgehead atoms. The third-order valence-electron chi connectivity index (χ3n) is 5.25.